The first-order valence-corrected chi connectivity index (χ1v) is 7.94. The summed E-state index contributed by atoms with van der Waals surface area (Å²) in [7, 11) is 0. The Labute approximate surface area is 124 Å². The SMILES string of the molecule is O=C1CC2(CCCC2)C(=O)N1c1ccc2c(c1)CCCN2. The summed E-state index contributed by atoms with van der Waals surface area (Å²) in [5.74, 6) is 0.0133. The fraction of sp³-hybridized carbons (Fsp3) is 0.529. The molecule has 1 spiro atoms. The fourth-order valence-electron chi connectivity index (χ4n) is 4.10. The molecule has 4 nitrogen and oxygen atoms in total. The molecule has 1 saturated heterocycles. The molecule has 21 heavy (non-hydrogen) atoms. The number of hydrogen-bond donors (Lipinski definition) is 1. The summed E-state index contributed by atoms with van der Waals surface area (Å²) in [5.41, 5.74) is 2.73. The molecule has 1 aromatic rings. The molecule has 0 bridgehead atoms. The Kier molecular flexibility index (Phi) is 2.81. The molecule has 1 saturated carbocycles. The molecule has 3 aliphatic rings. The maximum absolute atomic E-state index is 12.8. The van der Waals surface area contributed by atoms with Crippen molar-refractivity contribution in [3.63, 3.8) is 0 Å². The number of rotatable bonds is 1. The van der Waals surface area contributed by atoms with Crippen LogP contribution in [0.2, 0.25) is 0 Å². The van der Waals surface area contributed by atoms with Gasteiger partial charge >= 0.3 is 0 Å². The minimum absolute atomic E-state index is 0.0226. The molecule has 4 heteroatoms. The zero-order valence-electron chi connectivity index (χ0n) is 12.2. The third-order valence-corrected chi connectivity index (χ3v) is 5.24. The van der Waals surface area contributed by atoms with Crippen molar-refractivity contribution in [2.24, 2.45) is 5.41 Å². The van der Waals surface area contributed by atoms with Gasteiger partial charge < -0.3 is 5.32 Å². The molecule has 4 rings (SSSR count). The normalized spacial score (nSPS) is 23.5. The molecule has 0 aromatic heterocycles. The van der Waals surface area contributed by atoms with E-state index in [1.807, 2.05) is 18.2 Å². The smallest absolute Gasteiger partial charge is 0.240 e. The van der Waals surface area contributed by atoms with Gasteiger partial charge in [0.2, 0.25) is 11.8 Å². The van der Waals surface area contributed by atoms with Crippen molar-refractivity contribution in [2.45, 2.75) is 44.9 Å². The average Bonchev–Trinajstić information content (AvgIpc) is 3.05. The number of carbonyl (C=O) groups excluding carboxylic acids is 2. The highest BCUT2D eigenvalue weighted by molar-refractivity contribution is 6.22. The van der Waals surface area contributed by atoms with Crippen molar-refractivity contribution in [1.82, 2.24) is 0 Å². The Bertz CT molecular complexity index is 617. The van der Waals surface area contributed by atoms with Gasteiger partial charge in [0.1, 0.15) is 0 Å². The predicted octanol–water partition coefficient (Wildman–Crippen LogP) is 2.87. The maximum Gasteiger partial charge on any atom is 0.240 e. The largest absolute Gasteiger partial charge is 0.385 e. The van der Waals surface area contributed by atoms with Crippen molar-refractivity contribution in [3.8, 4) is 0 Å². The zero-order chi connectivity index (χ0) is 14.4. The molecular formula is C17H20N2O2. The fourth-order valence-corrected chi connectivity index (χ4v) is 4.10. The van der Waals surface area contributed by atoms with E-state index in [1.54, 1.807) is 0 Å². The number of amides is 2. The van der Waals surface area contributed by atoms with E-state index < -0.39 is 0 Å². The first kappa shape index (κ1) is 12.9. The van der Waals surface area contributed by atoms with Gasteiger partial charge in [-0.1, -0.05) is 12.8 Å². The highest BCUT2D eigenvalue weighted by Crippen LogP contribution is 2.48. The molecule has 0 radical (unpaired) electrons. The summed E-state index contributed by atoms with van der Waals surface area (Å²) < 4.78 is 0. The number of fused-ring (bicyclic) bond motifs is 1. The van der Waals surface area contributed by atoms with E-state index in [-0.39, 0.29) is 17.2 Å². The number of imide groups is 1. The van der Waals surface area contributed by atoms with Crippen molar-refractivity contribution in [3.05, 3.63) is 23.8 Å². The molecule has 2 aliphatic heterocycles. The first-order chi connectivity index (χ1) is 10.2. The Morgan fingerprint density at radius 3 is 2.71 bits per heavy atom. The third-order valence-electron chi connectivity index (χ3n) is 5.24. The van der Waals surface area contributed by atoms with Crippen LogP contribution in [0.15, 0.2) is 18.2 Å². The Morgan fingerprint density at radius 2 is 1.90 bits per heavy atom. The second kappa shape index (κ2) is 4.58. The lowest BCUT2D eigenvalue weighted by Crippen LogP contribution is -2.34. The second-order valence-corrected chi connectivity index (χ2v) is 6.57. The summed E-state index contributed by atoms with van der Waals surface area (Å²) in [5, 5.41) is 3.36. The van der Waals surface area contributed by atoms with Gasteiger partial charge in [0, 0.05) is 18.7 Å². The van der Waals surface area contributed by atoms with Crippen molar-refractivity contribution >= 4 is 23.2 Å². The number of benzene rings is 1. The van der Waals surface area contributed by atoms with Crippen LogP contribution < -0.4 is 10.2 Å². The first-order valence-electron chi connectivity index (χ1n) is 7.94. The third kappa shape index (κ3) is 1.88. The van der Waals surface area contributed by atoms with E-state index in [1.165, 1.54) is 10.5 Å². The molecule has 2 fully saturated rings. The highest BCUT2D eigenvalue weighted by Gasteiger charge is 2.53. The van der Waals surface area contributed by atoms with Crippen LogP contribution in [-0.2, 0) is 16.0 Å². The van der Waals surface area contributed by atoms with Crippen LogP contribution in [0.5, 0.6) is 0 Å². The van der Waals surface area contributed by atoms with E-state index in [0.29, 0.717) is 6.42 Å². The summed E-state index contributed by atoms with van der Waals surface area (Å²) in [6, 6.07) is 5.93. The Balaban J connectivity index is 1.70. The summed E-state index contributed by atoms with van der Waals surface area (Å²) in [6.07, 6.45) is 6.41. The second-order valence-electron chi connectivity index (χ2n) is 6.57. The predicted molar refractivity (Wildman–Crippen MR) is 81.3 cm³/mol. The number of hydrogen-bond acceptors (Lipinski definition) is 3. The highest BCUT2D eigenvalue weighted by atomic mass is 16.2. The van der Waals surface area contributed by atoms with Gasteiger partial charge in [0.25, 0.3) is 0 Å². The van der Waals surface area contributed by atoms with E-state index in [2.05, 4.69) is 5.32 Å². The van der Waals surface area contributed by atoms with E-state index >= 15 is 0 Å². The van der Waals surface area contributed by atoms with E-state index in [4.69, 9.17) is 0 Å². The molecule has 2 heterocycles. The van der Waals surface area contributed by atoms with Crippen LogP contribution in [0.4, 0.5) is 11.4 Å². The van der Waals surface area contributed by atoms with Crippen molar-refractivity contribution in [1.29, 1.82) is 0 Å². The molecule has 1 N–H and O–H groups in total. The van der Waals surface area contributed by atoms with Gasteiger partial charge in [-0.15, -0.1) is 0 Å². The molecule has 1 aromatic carbocycles. The van der Waals surface area contributed by atoms with Gasteiger partial charge in [-0.25, -0.2) is 0 Å². The molecule has 0 unspecified atom stereocenters. The van der Waals surface area contributed by atoms with Gasteiger partial charge in [-0.2, -0.15) is 0 Å². The molecule has 0 atom stereocenters. The van der Waals surface area contributed by atoms with Gasteiger partial charge in [-0.3, -0.25) is 14.5 Å². The number of anilines is 2. The van der Waals surface area contributed by atoms with Crippen LogP contribution >= 0.6 is 0 Å². The number of aryl methyl sites for hydroxylation is 1. The number of carbonyl (C=O) groups is 2. The average molecular weight is 284 g/mol. The molecule has 1 aliphatic carbocycles. The summed E-state index contributed by atoms with van der Waals surface area (Å²) in [4.78, 5) is 26.6. The lowest BCUT2D eigenvalue weighted by molar-refractivity contribution is -0.125. The van der Waals surface area contributed by atoms with Crippen molar-refractivity contribution in [2.75, 3.05) is 16.8 Å². The minimum atomic E-state index is -0.384. The van der Waals surface area contributed by atoms with Crippen LogP contribution in [0.1, 0.15) is 44.1 Å². The maximum atomic E-state index is 12.8. The van der Waals surface area contributed by atoms with E-state index in [9.17, 15) is 9.59 Å². The Hall–Kier alpha value is -1.84. The monoisotopic (exact) mass is 284 g/mol. The lowest BCUT2D eigenvalue weighted by atomic mass is 9.84. The van der Waals surface area contributed by atoms with Crippen LogP contribution in [-0.4, -0.2) is 18.4 Å². The van der Waals surface area contributed by atoms with E-state index in [0.717, 1.165) is 56.4 Å². The zero-order valence-corrected chi connectivity index (χ0v) is 12.2. The molecule has 2 amide bonds. The molecular weight excluding hydrogens is 264 g/mol. The van der Waals surface area contributed by atoms with Crippen molar-refractivity contribution < 1.29 is 9.59 Å². The van der Waals surface area contributed by atoms with Crippen LogP contribution in [0.3, 0.4) is 0 Å². The standard InChI is InChI=1S/C17H20N2O2/c20-15-11-17(7-1-2-8-17)16(21)19(15)13-5-6-14-12(10-13)4-3-9-18-14/h5-6,10,18H,1-4,7-9,11H2. The molecule has 110 valence electrons. The topological polar surface area (TPSA) is 49.4 Å². The number of nitrogens with zero attached hydrogens (tertiary/aromatic N) is 1. The summed E-state index contributed by atoms with van der Waals surface area (Å²) >= 11 is 0. The number of nitrogens with one attached hydrogen (secondary N) is 1. The Morgan fingerprint density at radius 1 is 1.10 bits per heavy atom. The van der Waals surface area contributed by atoms with Gasteiger partial charge in [0.05, 0.1) is 11.1 Å². The van der Waals surface area contributed by atoms with Gasteiger partial charge in [0.15, 0.2) is 0 Å². The van der Waals surface area contributed by atoms with Crippen LogP contribution in [0.25, 0.3) is 0 Å². The lowest BCUT2D eigenvalue weighted by Gasteiger charge is -2.23. The van der Waals surface area contributed by atoms with Crippen LogP contribution in [0, 0.1) is 5.41 Å². The summed E-state index contributed by atoms with van der Waals surface area (Å²) in [6.45, 7) is 0.997. The van der Waals surface area contributed by atoms with Gasteiger partial charge in [-0.05, 0) is 49.4 Å². The minimum Gasteiger partial charge on any atom is -0.385 e. The quantitative estimate of drug-likeness (QED) is 0.807.